The Bertz CT molecular complexity index is 1120. The number of benzene rings is 2. The molecule has 3 rings (SSSR count). The van der Waals surface area contributed by atoms with Crippen LogP contribution in [-0.2, 0) is 23.0 Å². The van der Waals surface area contributed by atoms with Crippen molar-refractivity contribution in [2.75, 3.05) is 7.11 Å². The Morgan fingerprint density at radius 2 is 1.82 bits per heavy atom. The minimum Gasteiger partial charge on any atom is -0.497 e. The monoisotopic (exact) mass is 399 g/mol. The molecule has 0 radical (unpaired) electrons. The lowest BCUT2D eigenvalue weighted by Crippen LogP contribution is -2.23. The van der Waals surface area contributed by atoms with Crippen molar-refractivity contribution < 1.29 is 13.2 Å². The van der Waals surface area contributed by atoms with Gasteiger partial charge in [0.2, 0.25) is 10.0 Å². The summed E-state index contributed by atoms with van der Waals surface area (Å²) in [5.41, 5.74) is 2.69. The summed E-state index contributed by atoms with van der Waals surface area (Å²) in [6.07, 6.45) is 0.399. The quantitative estimate of drug-likeness (QED) is 0.634. The number of hydrogen-bond acceptors (Lipinski definition) is 5. The van der Waals surface area contributed by atoms with Crippen molar-refractivity contribution >= 4 is 10.0 Å². The van der Waals surface area contributed by atoms with Crippen molar-refractivity contribution in [1.82, 2.24) is 14.9 Å². The van der Waals surface area contributed by atoms with Crippen LogP contribution in [0.4, 0.5) is 0 Å². The maximum atomic E-state index is 12.5. The van der Waals surface area contributed by atoms with Crippen molar-refractivity contribution in [3.8, 4) is 5.75 Å². The van der Waals surface area contributed by atoms with Crippen LogP contribution in [0, 0.1) is 6.92 Å². The maximum Gasteiger partial charge on any atom is 0.267 e. The van der Waals surface area contributed by atoms with Crippen LogP contribution in [-0.4, -0.2) is 25.7 Å². The number of hydrogen-bond donors (Lipinski definition) is 2. The van der Waals surface area contributed by atoms with E-state index in [0.717, 1.165) is 16.8 Å². The van der Waals surface area contributed by atoms with Crippen LogP contribution >= 0.6 is 0 Å². The molecule has 0 saturated heterocycles. The van der Waals surface area contributed by atoms with Gasteiger partial charge in [-0.3, -0.25) is 4.79 Å². The fraction of sp³-hybridized carbons (Fsp3) is 0.200. The van der Waals surface area contributed by atoms with Crippen LogP contribution in [0.5, 0.6) is 5.75 Å². The molecular formula is C20H21N3O4S. The van der Waals surface area contributed by atoms with Crippen LogP contribution in [0.25, 0.3) is 0 Å². The molecule has 0 saturated carbocycles. The Labute approximate surface area is 163 Å². The number of rotatable bonds is 7. The van der Waals surface area contributed by atoms with Crippen molar-refractivity contribution in [2.45, 2.75) is 24.8 Å². The molecule has 1 aromatic heterocycles. The number of nitrogens with zero attached hydrogens (tertiary/aromatic N) is 1. The molecular weight excluding hydrogens is 378 g/mol. The molecule has 0 aliphatic heterocycles. The number of methoxy groups -OCH3 is 1. The van der Waals surface area contributed by atoms with Gasteiger partial charge in [-0.1, -0.05) is 24.3 Å². The first-order valence-electron chi connectivity index (χ1n) is 8.64. The third-order valence-electron chi connectivity index (χ3n) is 4.24. The number of nitrogens with one attached hydrogen (secondary N) is 2. The Balaban J connectivity index is 1.70. The fourth-order valence-electron chi connectivity index (χ4n) is 2.74. The molecule has 146 valence electrons. The van der Waals surface area contributed by atoms with E-state index in [-0.39, 0.29) is 17.0 Å². The molecule has 7 nitrogen and oxygen atoms in total. The molecule has 3 aromatic rings. The van der Waals surface area contributed by atoms with E-state index in [1.807, 2.05) is 6.07 Å². The molecule has 8 heteroatoms. The van der Waals surface area contributed by atoms with Gasteiger partial charge in [-0.25, -0.2) is 18.2 Å². The summed E-state index contributed by atoms with van der Waals surface area (Å²) in [5.74, 6) is 0.669. The van der Waals surface area contributed by atoms with Crippen molar-refractivity contribution in [1.29, 1.82) is 0 Å². The lowest BCUT2D eigenvalue weighted by Gasteiger charge is -2.09. The fourth-order valence-corrected chi connectivity index (χ4v) is 3.76. The molecule has 0 spiro atoms. The third kappa shape index (κ3) is 4.85. The SMILES string of the molecule is COc1cccc(CNS(=O)(=O)c2ccc(Cc3cc(C)n[nH]c3=O)cc2)c1. The van der Waals surface area contributed by atoms with E-state index in [4.69, 9.17) is 4.74 Å². The molecule has 0 amide bonds. The number of aromatic nitrogens is 2. The molecule has 0 unspecified atom stereocenters. The number of H-pyrrole nitrogens is 1. The average Bonchev–Trinajstić information content (AvgIpc) is 2.70. The highest BCUT2D eigenvalue weighted by Crippen LogP contribution is 2.15. The summed E-state index contributed by atoms with van der Waals surface area (Å²) in [6, 6.07) is 15.4. The maximum absolute atomic E-state index is 12.5. The van der Waals surface area contributed by atoms with Gasteiger partial charge >= 0.3 is 0 Å². The predicted molar refractivity (Wildman–Crippen MR) is 106 cm³/mol. The van der Waals surface area contributed by atoms with E-state index in [2.05, 4.69) is 14.9 Å². The first-order chi connectivity index (χ1) is 13.4. The number of aryl methyl sites for hydroxylation is 1. The second-order valence-electron chi connectivity index (χ2n) is 6.36. The normalized spacial score (nSPS) is 11.4. The summed E-state index contributed by atoms with van der Waals surface area (Å²) in [7, 11) is -2.09. The molecule has 2 N–H and O–H groups in total. The van der Waals surface area contributed by atoms with Gasteiger partial charge in [0.15, 0.2) is 0 Å². The number of aromatic amines is 1. The van der Waals surface area contributed by atoms with Gasteiger partial charge in [-0.15, -0.1) is 0 Å². The van der Waals surface area contributed by atoms with E-state index in [1.54, 1.807) is 50.4 Å². The molecule has 0 aliphatic carbocycles. The van der Waals surface area contributed by atoms with Gasteiger partial charge in [0.05, 0.1) is 17.7 Å². The van der Waals surface area contributed by atoms with E-state index in [1.165, 1.54) is 12.1 Å². The summed E-state index contributed by atoms with van der Waals surface area (Å²) in [6.45, 7) is 1.95. The highest BCUT2D eigenvalue weighted by molar-refractivity contribution is 7.89. The van der Waals surface area contributed by atoms with Gasteiger partial charge in [-0.2, -0.15) is 5.10 Å². The van der Waals surface area contributed by atoms with Crippen molar-refractivity contribution in [3.63, 3.8) is 0 Å². The predicted octanol–water partition coefficient (Wildman–Crippen LogP) is 2.16. The number of ether oxygens (including phenoxy) is 1. The first-order valence-corrected chi connectivity index (χ1v) is 10.1. The third-order valence-corrected chi connectivity index (χ3v) is 5.65. The lowest BCUT2D eigenvalue weighted by atomic mass is 10.1. The average molecular weight is 399 g/mol. The summed E-state index contributed by atoms with van der Waals surface area (Å²) >= 11 is 0. The minimum atomic E-state index is -3.65. The molecule has 28 heavy (non-hydrogen) atoms. The summed E-state index contributed by atoms with van der Waals surface area (Å²) in [5, 5.41) is 6.29. The molecule has 2 aromatic carbocycles. The van der Waals surface area contributed by atoms with Gasteiger partial charge < -0.3 is 4.74 Å². The number of sulfonamides is 1. The zero-order valence-corrected chi connectivity index (χ0v) is 16.4. The Hall–Kier alpha value is -2.97. The Morgan fingerprint density at radius 1 is 1.07 bits per heavy atom. The molecule has 0 fully saturated rings. The van der Waals surface area contributed by atoms with E-state index in [0.29, 0.717) is 17.7 Å². The highest BCUT2D eigenvalue weighted by atomic mass is 32.2. The molecule has 0 atom stereocenters. The van der Waals surface area contributed by atoms with E-state index < -0.39 is 10.0 Å². The second-order valence-corrected chi connectivity index (χ2v) is 8.13. The highest BCUT2D eigenvalue weighted by Gasteiger charge is 2.14. The Kier molecular flexibility index (Phi) is 5.91. The van der Waals surface area contributed by atoms with Crippen LogP contribution in [0.2, 0.25) is 0 Å². The zero-order valence-electron chi connectivity index (χ0n) is 15.6. The zero-order chi connectivity index (χ0) is 20.1. The second kappa shape index (κ2) is 8.37. The van der Waals surface area contributed by atoms with Crippen molar-refractivity contribution in [3.05, 3.63) is 87.3 Å². The van der Waals surface area contributed by atoms with Gasteiger partial charge in [0, 0.05) is 18.5 Å². The van der Waals surface area contributed by atoms with Crippen LogP contribution in [0.15, 0.2) is 64.3 Å². The Morgan fingerprint density at radius 3 is 2.54 bits per heavy atom. The molecule has 0 bridgehead atoms. The largest absolute Gasteiger partial charge is 0.497 e. The molecule has 1 heterocycles. The molecule has 0 aliphatic rings. The topological polar surface area (TPSA) is 101 Å². The van der Waals surface area contributed by atoms with Gasteiger partial charge in [0.25, 0.3) is 5.56 Å². The van der Waals surface area contributed by atoms with Gasteiger partial charge in [-0.05, 0) is 48.4 Å². The van der Waals surface area contributed by atoms with Crippen LogP contribution < -0.4 is 15.0 Å². The lowest BCUT2D eigenvalue weighted by molar-refractivity contribution is 0.414. The van der Waals surface area contributed by atoms with Crippen molar-refractivity contribution in [2.24, 2.45) is 0 Å². The van der Waals surface area contributed by atoms with E-state index in [9.17, 15) is 13.2 Å². The van der Waals surface area contributed by atoms with Crippen LogP contribution in [0.1, 0.15) is 22.4 Å². The summed E-state index contributed by atoms with van der Waals surface area (Å²) < 4.78 is 32.8. The summed E-state index contributed by atoms with van der Waals surface area (Å²) in [4.78, 5) is 12.0. The minimum absolute atomic E-state index is 0.160. The smallest absolute Gasteiger partial charge is 0.267 e. The van der Waals surface area contributed by atoms with Crippen LogP contribution in [0.3, 0.4) is 0 Å². The van der Waals surface area contributed by atoms with Gasteiger partial charge in [0.1, 0.15) is 5.75 Å². The van der Waals surface area contributed by atoms with E-state index >= 15 is 0 Å². The standard InChI is InChI=1S/C20H21N3O4S/c1-14-10-17(20(24)23-22-14)11-15-6-8-19(9-7-15)28(25,26)21-13-16-4-3-5-18(12-16)27-2/h3-10,12,21H,11,13H2,1-2H3,(H,23,24). The first kappa shape index (κ1) is 19.8.